The lowest BCUT2D eigenvalue weighted by Gasteiger charge is -2.17. The maximum absolute atomic E-state index is 13.7. The number of halogens is 3. The molecule has 0 spiro atoms. The monoisotopic (exact) mass is 579 g/mol. The van der Waals surface area contributed by atoms with Crippen LogP contribution >= 0.6 is 11.6 Å². The van der Waals surface area contributed by atoms with Crippen LogP contribution in [-0.4, -0.2) is 48.0 Å². The topological polar surface area (TPSA) is 151 Å². The summed E-state index contributed by atoms with van der Waals surface area (Å²) < 4.78 is 27.1. The molecule has 0 atom stereocenters. The lowest BCUT2D eigenvalue weighted by atomic mass is 10.0. The van der Waals surface area contributed by atoms with E-state index in [2.05, 4.69) is 36.0 Å². The van der Waals surface area contributed by atoms with Crippen LogP contribution in [-0.2, 0) is 12.5 Å². The van der Waals surface area contributed by atoms with Crippen LogP contribution in [0.15, 0.2) is 42.6 Å². The first-order chi connectivity index (χ1) is 19.4. The highest BCUT2D eigenvalue weighted by atomic mass is 35.5. The van der Waals surface area contributed by atoms with Crippen LogP contribution in [0.1, 0.15) is 64.3 Å². The van der Waals surface area contributed by atoms with Crippen LogP contribution in [0.25, 0.3) is 11.3 Å². The van der Waals surface area contributed by atoms with Gasteiger partial charge in [-0.3, -0.25) is 9.59 Å². The van der Waals surface area contributed by atoms with Gasteiger partial charge in [0.2, 0.25) is 5.82 Å². The zero-order valence-electron chi connectivity index (χ0n) is 22.4. The van der Waals surface area contributed by atoms with Crippen molar-refractivity contribution >= 4 is 29.1 Å². The van der Waals surface area contributed by atoms with Gasteiger partial charge < -0.3 is 10.6 Å². The van der Waals surface area contributed by atoms with Crippen LogP contribution in [0.3, 0.4) is 0 Å². The Kier molecular flexibility index (Phi) is 8.34. The van der Waals surface area contributed by atoms with Crippen molar-refractivity contribution in [2.75, 3.05) is 5.32 Å². The van der Waals surface area contributed by atoms with Crippen molar-refractivity contribution in [3.05, 3.63) is 81.5 Å². The van der Waals surface area contributed by atoms with Gasteiger partial charge in [0.15, 0.2) is 5.82 Å². The minimum Gasteiger partial charge on any atom is -0.350 e. The molecule has 0 aliphatic heterocycles. The third-order valence-corrected chi connectivity index (χ3v) is 6.04. The summed E-state index contributed by atoms with van der Waals surface area (Å²) in [6.07, 6.45) is 1.26. The van der Waals surface area contributed by atoms with Crippen molar-refractivity contribution in [2.45, 2.75) is 46.2 Å². The van der Waals surface area contributed by atoms with E-state index >= 15 is 0 Å². The number of aryl methyl sites for hydroxylation is 1. The van der Waals surface area contributed by atoms with Gasteiger partial charge in [0.05, 0.1) is 34.1 Å². The first-order valence-corrected chi connectivity index (χ1v) is 12.7. The van der Waals surface area contributed by atoms with Gasteiger partial charge in [-0.05, 0) is 49.7 Å². The van der Waals surface area contributed by atoms with Gasteiger partial charge in [-0.15, -0.1) is 10.2 Å². The Hall–Kier alpha value is -4.83. The van der Waals surface area contributed by atoms with E-state index in [1.165, 1.54) is 12.3 Å². The number of carbonyl (C=O) groups is 2. The van der Waals surface area contributed by atoms with E-state index in [1.54, 1.807) is 51.1 Å². The number of aromatic nitrogens is 6. The van der Waals surface area contributed by atoms with E-state index in [1.807, 2.05) is 6.07 Å². The fourth-order valence-electron chi connectivity index (χ4n) is 3.85. The molecule has 14 heteroatoms. The number of benzene rings is 2. The van der Waals surface area contributed by atoms with Crippen molar-refractivity contribution in [2.24, 2.45) is 0 Å². The zero-order chi connectivity index (χ0) is 29.9. The SMILES string of the molecule is Cc1cc(C#N)cc(C(=O)NC(C)C)c1NC(=O)c1cnc(Cn2nnc(C(C)(F)F)n2)nc1-c1ccccc1Cl. The predicted octanol–water partition coefficient (Wildman–Crippen LogP) is 4.51. The Morgan fingerprint density at radius 1 is 1.17 bits per heavy atom. The van der Waals surface area contributed by atoms with E-state index in [0.29, 0.717) is 23.1 Å². The number of nitrogens with zero attached hydrogens (tertiary/aromatic N) is 7. The number of alkyl halides is 2. The summed E-state index contributed by atoms with van der Waals surface area (Å²) in [6.45, 7) is 5.68. The number of carbonyl (C=O) groups excluding carboxylic acids is 2. The molecule has 2 amide bonds. The second-order valence-electron chi connectivity index (χ2n) is 9.47. The first-order valence-electron chi connectivity index (χ1n) is 12.3. The summed E-state index contributed by atoms with van der Waals surface area (Å²) in [4.78, 5) is 36.2. The van der Waals surface area contributed by atoms with Gasteiger partial charge in [0.25, 0.3) is 11.8 Å². The maximum Gasteiger partial charge on any atom is 0.307 e. The Morgan fingerprint density at radius 3 is 2.54 bits per heavy atom. The Balaban J connectivity index is 1.76. The van der Waals surface area contributed by atoms with Crippen LogP contribution < -0.4 is 10.6 Å². The van der Waals surface area contributed by atoms with Gasteiger partial charge >= 0.3 is 5.92 Å². The summed E-state index contributed by atoms with van der Waals surface area (Å²) in [5.74, 6) is -5.05. The molecule has 0 aliphatic rings. The Morgan fingerprint density at radius 2 is 1.90 bits per heavy atom. The summed E-state index contributed by atoms with van der Waals surface area (Å²) in [5, 5.41) is 25.9. The third kappa shape index (κ3) is 6.67. The summed E-state index contributed by atoms with van der Waals surface area (Å²) in [7, 11) is 0. The Labute approximate surface area is 238 Å². The molecule has 2 aromatic carbocycles. The predicted molar refractivity (Wildman–Crippen MR) is 145 cm³/mol. The molecule has 0 fully saturated rings. The number of hydrogen-bond donors (Lipinski definition) is 2. The van der Waals surface area contributed by atoms with Crippen LogP contribution in [0.4, 0.5) is 14.5 Å². The number of amides is 2. The second-order valence-corrected chi connectivity index (χ2v) is 9.88. The lowest BCUT2D eigenvalue weighted by molar-refractivity contribution is 0.00737. The maximum atomic E-state index is 13.7. The van der Waals surface area contributed by atoms with Gasteiger partial charge in [-0.2, -0.15) is 18.8 Å². The highest BCUT2D eigenvalue weighted by molar-refractivity contribution is 6.33. The van der Waals surface area contributed by atoms with Crippen molar-refractivity contribution in [3.8, 4) is 17.3 Å². The largest absolute Gasteiger partial charge is 0.350 e. The fraction of sp³-hybridized carbons (Fsp3) is 0.259. The fourth-order valence-corrected chi connectivity index (χ4v) is 4.07. The molecule has 0 aliphatic carbocycles. The summed E-state index contributed by atoms with van der Waals surface area (Å²) >= 11 is 6.44. The quantitative estimate of drug-likeness (QED) is 0.309. The lowest BCUT2D eigenvalue weighted by Crippen LogP contribution is -2.31. The van der Waals surface area contributed by atoms with E-state index in [9.17, 15) is 23.6 Å². The van der Waals surface area contributed by atoms with Crippen molar-refractivity contribution < 1.29 is 18.4 Å². The summed E-state index contributed by atoms with van der Waals surface area (Å²) in [5.41, 5.74) is 1.65. The van der Waals surface area contributed by atoms with E-state index in [4.69, 9.17) is 11.6 Å². The van der Waals surface area contributed by atoms with Gasteiger partial charge in [0.1, 0.15) is 6.54 Å². The minimum absolute atomic E-state index is 0.0214. The van der Waals surface area contributed by atoms with Gasteiger partial charge in [-0.25, -0.2) is 9.97 Å². The van der Waals surface area contributed by atoms with Crippen LogP contribution in [0, 0.1) is 18.3 Å². The standard InChI is InChI=1S/C27H24ClF2N9O2/c1-14(2)33-24(40)18-10-16(11-31)9-15(3)22(18)35-25(41)19-12-32-21(13-39-37-26(36-38-39)27(4,29)30)34-23(19)17-7-5-6-8-20(17)28/h5-10,12,14H,13H2,1-4H3,(H,33,40)(H,35,41). The number of nitrogens with one attached hydrogen (secondary N) is 2. The molecule has 4 rings (SSSR count). The smallest absolute Gasteiger partial charge is 0.307 e. The van der Waals surface area contributed by atoms with Crippen LogP contribution in [0.5, 0.6) is 0 Å². The summed E-state index contributed by atoms with van der Waals surface area (Å²) in [6, 6.07) is 11.5. The van der Waals surface area contributed by atoms with Gasteiger partial charge in [0, 0.05) is 29.7 Å². The molecule has 41 heavy (non-hydrogen) atoms. The number of hydrogen-bond acceptors (Lipinski definition) is 8. The molecule has 0 unspecified atom stereocenters. The van der Waals surface area contributed by atoms with Crippen molar-refractivity contribution in [1.82, 2.24) is 35.5 Å². The number of rotatable bonds is 8. The third-order valence-electron chi connectivity index (χ3n) is 5.71. The van der Waals surface area contributed by atoms with Crippen molar-refractivity contribution in [3.63, 3.8) is 0 Å². The van der Waals surface area contributed by atoms with Crippen LogP contribution in [0.2, 0.25) is 5.02 Å². The number of tetrazole rings is 1. The molecule has 4 aromatic rings. The molecule has 0 saturated heterocycles. The molecule has 210 valence electrons. The van der Waals surface area contributed by atoms with E-state index in [0.717, 1.165) is 4.80 Å². The molecule has 2 heterocycles. The van der Waals surface area contributed by atoms with Crippen molar-refractivity contribution in [1.29, 1.82) is 5.26 Å². The molecule has 0 bridgehead atoms. The van der Waals surface area contributed by atoms with Gasteiger partial charge in [-0.1, -0.05) is 29.8 Å². The highest BCUT2D eigenvalue weighted by Crippen LogP contribution is 2.30. The molecule has 11 nitrogen and oxygen atoms in total. The number of nitriles is 1. The first kappa shape index (κ1) is 29.2. The molecule has 2 N–H and O–H groups in total. The molecule has 0 saturated carbocycles. The number of anilines is 1. The second kappa shape index (κ2) is 11.7. The average molecular weight is 580 g/mol. The molecule has 0 radical (unpaired) electrons. The zero-order valence-corrected chi connectivity index (χ0v) is 23.2. The average Bonchev–Trinajstić information content (AvgIpc) is 3.38. The highest BCUT2D eigenvalue weighted by Gasteiger charge is 2.30. The molecular formula is C27H24ClF2N9O2. The minimum atomic E-state index is -3.28. The van der Waals surface area contributed by atoms with E-state index < -0.39 is 23.6 Å². The normalized spacial score (nSPS) is 11.3. The molecule has 2 aromatic heterocycles. The van der Waals surface area contributed by atoms with E-state index in [-0.39, 0.29) is 46.5 Å². The Bertz CT molecular complexity index is 1680. The molecular weight excluding hydrogens is 556 g/mol.